The Morgan fingerprint density at radius 2 is 2.23 bits per heavy atom. The summed E-state index contributed by atoms with van der Waals surface area (Å²) in [5, 5.41) is 2.25. The van der Waals surface area contributed by atoms with E-state index in [9.17, 15) is 0 Å². The maximum atomic E-state index is 2.47. The monoisotopic (exact) mass is 192 g/mol. The van der Waals surface area contributed by atoms with Crippen LogP contribution in [0.15, 0.2) is 11.4 Å². The van der Waals surface area contributed by atoms with Crippen LogP contribution < -0.4 is 0 Å². The molecule has 0 bridgehead atoms. The lowest BCUT2D eigenvalue weighted by Gasteiger charge is -2.05. The zero-order valence-corrected chi connectivity index (χ0v) is 9.16. The Balaban J connectivity index is 1.80. The lowest BCUT2D eigenvalue weighted by atomic mass is 10.0. The van der Waals surface area contributed by atoms with Crippen molar-refractivity contribution in [1.29, 1.82) is 0 Å². The molecule has 1 aromatic heterocycles. The highest BCUT2D eigenvalue weighted by Crippen LogP contribution is 2.67. The van der Waals surface area contributed by atoms with E-state index in [0.29, 0.717) is 0 Å². The van der Waals surface area contributed by atoms with Crippen LogP contribution in [0, 0.1) is 18.3 Å². The van der Waals surface area contributed by atoms with Crippen LogP contribution >= 0.6 is 11.3 Å². The number of hydrogen-bond acceptors (Lipinski definition) is 1. The predicted octanol–water partition coefficient (Wildman–Crippen LogP) is 3.96. The highest BCUT2D eigenvalue weighted by molar-refractivity contribution is 7.10. The molecule has 0 spiro atoms. The Labute approximate surface area is 84.0 Å². The summed E-state index contributed by atoms with van der Waals surface area (Å²) in [4.78, 5) is 1.68. The molecule has 0 radical (unpaired) electrons. The average Bonchev–Trinajstić information content (AvgIpc) is 2.97. The van der Waals surface area contributed by atoms with Crippen molar-refractivity contribution >= 4 is 11.3 Å². The summed E-state index contributed by atoms with van der Waals surface area (Å²) in [6.07, 6.45) is 4.44. The van der Waals surface area contributed by atoms with E-state index in [1.54, 1.807) is 4.88 Å². The maximum Gasteiger partial charge on any atom is 0.0108 e. The number of hydrogen-bond donors (Lipinski definition) is 0. The largest absolute Gasteiger partial charge is 0.148 e. The third-order valence-corrected chi connectivity index (χ3v) is 5.11. The summed E-state index contributed by atoms with van der Waals surface area (Å²) in [5.41, 5.74) is 2.28. The van der Waals surface area contributed by atoms with Crippen molar-refractivity contribution in [3.8, 4) is 0 Å². The summed E-state index contributed by atoms with van der Waals surface area (Å²) in [6, 6.07) is 2.27. The van der Waals surface area contributed by atoms with Crippen LogP contribution in [0.4, 0.5) is 0 Å². The van der Waals surface area contributed by atoms with Crippen LogP contribution in [0.5, 0.6) is 0 Å². The molecule has 70 valence electrons. The van der Waals surface area contributed by atoms with E-state index in [-0.39, 0.29) is 0 Å². The summed E-state index contributed by atoms with van der Waals surface area (Å²) >= 11 is 1.97. The molecule has 2 aliphatic rings. The summed E-state index contributed by atoms with van der Waals surface area (Å²) < 4.78 is 0. The van der Waals surface area contributed by atoms with Crippen LogP contribution in [0.3, 0.4) is 0 Å². The van der Waals surface area contributed by atoms with Gasteiger partial charge in [0.15, 0.2) is 0 Å². The molecular formula is C12H16S. The van der Waals surface area contributed by atoms with E-state index in [0.717, 1.165) is 17.3 Å². The molecule has 0 saturated heterocycles. The molecule has 0 unspecified atom stereocenters. The molecule has 0 amide bonds. The Kier molecular flexibility index (Phi) is 1.48. The van der Waals surface area contributed by atoms with E-state index in [1.807, 2.05) is 11.3 Å². The Morgan fingerprint density at radius 1 is 1.46 bits per heavy atom. The van der Waals surface area contributed by atoms with E-state index >= 15 is 0 Å². The van der Waals surface area contributed by atoms with Crippen LogP contribution in [-0.2, 0) is 0 Å². The first-order chi connectivity index (χ1) is 6.21. The van der Waals surface area contributed by atoms with E-state index < -0.39 is 0 Å². The van der Waals surface area contributed by atoms with Crippen molar-refractivity contribution in [2.45, 2.75) is 39.0 Å². The molecule has 2 saturated carbocycles. The van der Waals surface area contributed by atoms with Crippen molar-refractivity contribution in [3.63, 3.8) is 0 Å². The normalized spacial score (nSPS) is 34.6. The predicted molar refractivity (Wildman–Crippen MR) is 57.2 cm³/mol. The number of rotatable bonds is 2. The lowest BCUT2D eigenvalue weighted by molar-refractivity contribution is 0.480. The molecule has 1 aromatic rings. The Bertz CT molecular complexity index is 333. The van der Waals surface area contributed by atoms with Gasteiger partial charge in [-0.25, -0.2) is 0 Å². The summed E-state index contributed by atoms with van der Waals surface area (Å²) in [7, 11) is 0. The van der Waals surface area contributed by atoms with Crippen molar-refractivity contribution < 1.29 is 0 Å². The molecule has 2 atom stereocenters. The minimum atomic E-state index is 0.751. The van der Waals surface area contributed by atoms with Gasteiger partial charge >= 0.3 is 0 Å². The van der Waals surface area contributed by atoms with E-state index in [1.165, 1.54) is 24.8 Å². The fourth-order valence-electron chi connectivity index (χ4n) is 2.59. The van der Waals surface area contributed by atoms with Crippen molar-refractivity contribution in [2.24, 2.45) is 11.3 Å². The second-order valence-corrected chi connectivity index (χ2v) is 6.02. The van der Waals surface area contributed by atoms with E-state index in [2.05, 4.69) is 25.3 Å². The molecule has 2 aliphatic carbocycles. The van der Waals surface area contributed by atoms with Crippen LogP contribution in [0.1, 0.15) is 42.5 Å². The highest BCUT2D eigenvalue weighted by atomic mass is 32.1. The lowest BCUT2D eigenvalue weighted by Crippen LogP contribution is -1.97. The van der Waals surface area contributed by atoms with Crippen molar-refractivity contribution in [1.82, 2.24) is 0 Å². The van der Waals surface area contributed by atoms with Gasteiger partial charge in [-0.05, 0) is 60.4 Å². The maximum absolute atomic E-state index is 2.47. The molecule has 13 heavy (non-hydrogen) atoms. The zero-order valence-electron chi connectivity index (χ0n) is 8.34. The molecule has 1 heteroatoms. The third kappa shape index (κ3) is 1.17. The second-order valence-electron chi connectivity index (χ2n) is 5.07. The minimum absolute atomic E-state index is 0.751. The number of thiophene rings is 1. The van der Waals surface area contributed by atoms with Crippen LogP contribution in [0.25, 0.3) is 0 Å². The van der Waals surface area contributed by atoms with E-state index in [4.69, 9.17) is 0 Å². The van der Waals surface area contributed by atoms with Crippen LogP contribution in [0.2, 0.25) is 0 Å². The first-order valence-corrected chi connectivity index (χ1v) is 6.13. The fraction of sp³-hybridized carbons (Fsp3) is 0.667. The topological polar surface area (TPSA) is 0 Å². The highest BCUT2D eigenvalue weighted by Gasteiger charge is 2.56. The third-order valence-electron chi connectivity index (χ3n) is 3.96. The smallest absolute Gasteiger partial charge is 0.0108 e. The fourth-order valence-corrected chi connectivity index (χ4v) is 3.70. The van der Waals surface area contributed by atoms with Gasteiger partial charge in [0.1, 0.15) is 0 Å². The Hall–Kier alpha value is -0.300. The van der Waals surface area contributed by atoms with Gasteiger partial charge in [0.25, 0.3) is 0 Å². The molecule has 0 aromatic carbocycles. The molecule has 3 rings (SSSR count). The second kappa shape index (κ2) is 2.38. The van der Waals surface area contributed by atoms with Crippen molar-refractivity contribution in [3.05, 3.63) is 21.9 Å². The Morgan fingerprint density at radius 3 is 2.77 bits per heavy atom. The van der Waals surface area contributed by atoms with Gasteiger partial charge in [0, 0.05) is 4.88 Å². The van der Waals surface area contributed by atoms with Gasteiger partial charge in [0.2, 0.25) is 0 Å². The summed E-state index contributed by atoms with van der Waals surface area (Å²) in [5.74, 6) is 1.97. The van der Waals surface area contributed by atoms with Gasteiger partial charge in [-0.3, -0.25) is 0 Å². The van der Waals surface area contributed by atoms with Gasteiger partial charge < -0.3 is 0 Å². The molecule has 2 fully saturated rings. The standard InChI is InChI=1S/C12H16S/c1-8-3-6-13-11(8)9-7-10(9)12(2)4-5-12/h3,6,9-10H,4-5,7H2,1-2H3/t9-,10+/m1/s1. The SMILES string of the molecule is Cc1ccsc1[C@@H]1C[C@@H]1C1(C)CC1. The van der Waals surface area contributed by atoms with Gasteiger partial charge in [0.05, 0.1) is 0 Å². The minimum Gasteiger partial charge on any atom is -0.148 e. The van der Waals surface area contributed by atoms with Gasteiger partial charge in [-0.15, -0.1) is 11.3 Å². The van der Waals surface area contributed by atoms with Gasteiger partial charge in [-0.2, -0.15) is 0 Å². The molecule has 0 N–H and O–H groups in total. The molecular weight excluding hydrogens is 176 g/mol. The first-order valence-electron chi connectivity index (χ1n) is 5.25. The van der Waals surface area contributed by atoms with Gasteiger partial charge in [-0.1, -0.05) is 6.92 Å². The average molecular weight is 192 g/mol. The molecule has 0 nitrogen and oxygen atoms in total. The quantitative estimate of drug-likeness (QED) is 0.665. The summed E-state index contributed by atoms with van der Waals surface area (Å²) in [6.45, 7) is 4.73. The molecule has 1 heterocycles. The van der Waals surface area contributed by atoms with Crippen LogP contribution in [-0.4, -0.2) is 0 Å². The first kappa shape index (κ1) is 8.05. The van der Waals surface area contributed by atoms with Crippen molar-refractivity contribution in [2.75, 3.05) is 0 Å². The molecule has 0 aliphatic heterocycles. The zero-order chi connectivity index (χ0) is 9.05. The number of aryl methyl sites for hydroxylation is 1.